The first-order valence-electron chi connectivity index (χ1n) is 3.32. The molecule has 1 rings (SSSR count). The Labute approximate surface area is 56.6 Å². The number of rotatable bonds is 1. The van der Waals surface area contributed by atoms with Gasteiger partial charge in [-0.3, -0.25) is 0 Å². The number of hydrogen-bond acceptors (Lipinski definition) is 0. The quantitative estimate of drug-likeness (QED) is 0.467. The van der Waals surface area contributed by atoms with Gasteiger partial charge in [-0.05, 0) is 13.8 Å². The Hall–Kier alpha value is -0.780. The molecule has 0 aliphatic heterocycles. The molecule has 0 amide bonds. The predicted octanol–water partition coefficient (Wildman–Crippen LogP) is 2.69. The summed E-state index contributed by atoms with van der Waals surface area (Å²) in [7, 11) is 0. The fraction of sp³-hybridized carbons (Fsp3) is 0.333. The molecule has 0 aromatic heterocycles. The van der Waals surface area contributed by atoms with E-state index in [0.717, 1.165) is 0 Å². The van der Waals surface area contributed by atoms with Crippen molar-refractivity contribution in [3.05, 3.63) is 36.0 Å². The van der Waals surface area contributed by atoms with Crippen molar-refractivity contribution in [1.29, 1.82) is 0 Å². The lowest BCUT2D eigenvalue weighted by Crippen LogP contribution is -1.78. The molecule has 9 heavy (non-hydrogen) atoms. The first-order valence-corrected chi connectivity index (χ1v) is 3.32. The maximum Gasteiger partial charge on any atom is 0.0136 e. The highest BCUT2D eigenvalue weighted by Gasteiger charge is 2.00. The van der Waals surface area contributed by atoms with Gasteiger partial charge in [-0.2, -0.15) is 0 Å². The molecule has 0 fully saturated rings. The predicted molar refractivity (Wildman–Crippen MR) is 41.2 cm³/mol. The van der Waals surface area contributed by atoms with E-state index < -0.39 is 0 Å². The highest BCUT2D eigenvalue weighted by molar-refractivity contribution is 5.30. The van der Waals surface area contributed by atoms with Gasteiger partial charge in [0.25, 0.3) is 0 Å². The van der Waals surface area contributed by atoms with Crippen molar-refractivity contribution < 1.29 is 0 Å². The molecule has 0 radical (unpaired) electrons. The van der Waals surface area contributed by atoms with E-state index >= 15 is 0 Å². The van der Waals surface area contributed by atoms with Crippen molar-refractivity contribution in [3.63, 3.8) is 0 Å². The zero-order chi connectivity index (χ0) is 6.69. The van der Waals surface area contributed by atoms with Crippen LogP contribution in [0.4, 0.5) is 0 Å². The third-order valence-corrected chi connectivity index (χ3v) is 1.45. The molecule has 0 spiro atoms. The highest BCUT2D eigenvalue weighted by atomic mass is 14.0. The Morgan fingerprint density at radius 1 is 1.56 bits per heavy atom. The Morgan fingerprint density at radius 3 is 2.78 bits per heavy atom. The molecule has 1 unspecified atom stereocenters. The summed E-state index contributed by atoms with van der Waals surface area (Å²) in [6.45, 7) is 4.18. The van der Waals surface area contributed by atoms with Crippen LogP contribution in [-0.4, -0.2) is 0 Å². The van der Waals surface area contributed by atoms with E-state index in [0.29, 0.717) is 5.92 Å². The van der Waals surface area contributed by atoms with Crippen LogP contribution in [0.15, 0.2) is 36.0 Å². The van der Waals surface area contributed by atoms with Crippen molar-refractivity contribution in [3.8, 4) is 0 Å². The highest BCUT2D eigenvalue weighted by Crippen LogP contribution is 2.15. The Bertz CT molecular complexity index is 168. The average molecular weight is 120 g/mol. The Morgan fingerprint density at radius 2 is 2.33 bits per heavy atom. The lowest BCUT2D eigenvalue weighted by molar-refractivity contribution is 1.08. The molecular formula is C9H12. The second-order valence-corrected chi connectivity index (χ2v) is 2.37. The van der Waals surface area contributed by atoms with Crippen LogP contribution in [0, 0.1) is 5.92 Å². The van der Waals surface area contributed by atoms with Gasteiger partial charge in [-0.25, -0.2) is 0 Å². The molecule has 1 aliphatic carbocycles. The topological polar surface area (TPSA) is 0 Å². The summed E-state index contributed by atoms with van der Waals surface area (Å²) in [4.78, 5) is 0. The minimum atomic E-state index is 0.565. The monoisotopic (exact) mass is 120 g/mol. The minimum Gasteiger partial charge on any atom is -0.0908 e. The number of hydrogen-bond donors (Lipinski definition) is 0. The van der Waals surface area contributed by atoms with Gasteiger partial charge in [0.1, 0.15) is 0 Å². The van der Waals surface area contributed by atoms with Crippen molar-refractivity contribution in [1.82, 2.24) is 0 Å². The maximum atomic E-state index is 2.25. The number of allylic oxidation sites excluding steroid dienone is 6. The molecule has 0 saturated carbocycles. The lowest BCUT2D eigenvalue weighted by atomic mass is 10.1. The van der Waals surface area contributed by atoms with Crippen LogP contribution in [0.2, 0.25) is 0 Å². The van der Waals surface area contributed by atoms with Crippen molar-refractivity contribution in [2.75, 3.05) is 0 Å². The molecule has 0 aromatic carbocycles. The summed E-state index contributed by atoms with van der Waals surface area (Å²) < 4.78 is 0. The molecular weight excluding hydrogens is 108 g/mol. The van der Waals surface area contributed by atoms with Gasteiger partial charge in [0.05, 0.1) is 0 Å². The van der Waals surface area contributed by atoms with Crippen molar-refractivity contribution >= 4 is 0 Å². The molecule has 0 N–H and O–H groups in total. The maximum absolute atomic E-state index is 2.25. The first-order chi connectivity index (χ1) is 4.33. The zero-order valence-corrected chi connectivity index (χ0v) is 5.96. The fourth-order valence-electron chi connectivity index (χ4n) is 1.02. The average Bonchev–Trinajstić information content (AvgIpc) is 2.17. The SMILES string of the molecule is C/C=C/C1C=CC(C)=C1. The molecule has 0 bridgehead atoms. The van der Waals surface area contributed by atoms with Gasteiger partial charge in [0.15, 0.2) is 0 Å². The second-order valence-electron chi connectivity index (χ2n) is 2.37. The molecule has 48 valence electrons. The molecule has 1 atom stereocenters. The molecule has 0 heterocycles. The largest absolute Gasteiger partial charge is 0.0908 e. The van der Waals surface area contributed by atoms with Gasteiger partial charge in [0.2, 0.25) is 0 Å². The van der Waals surface area contributed by atoms with Crippen LogP contribution in [0.5, 0.6) is 0 Å². The molecule has 0 aromatic rings. The summed E-state index contributed by atoms with van der Waals surface area (Å²) in [5.74, 6) is 0.565. The molecule has 0 heteroatoms. The summed E-state index contributed by atoms with van der Waals surface area (Å²) in [5.41, 5.74) is 1.37. The Kier molecular flexibility index (Phi) is 1.88. The van der Waals surface area contributed by atoms with E-state index in [1.165, 1.54) is 5.57 Å². The molecule has 0 saturated heterocycles. The van der Waals surface area contributed by atoms with Crippen LogP contribution in [0.3, 0.4) is 0 Å². The van der Waals surface area contributed by atoms with Crippen molar-refractivity contribution in [2.45, 2.75) is 13.8 Å². The van der Waals surface area contributed by atoms with Gasteiger partial charge < -0.3 is 0 Å². The van der Waals surface area contributed by atoms with E-state index in [1.54, 1.807) is 0 Å². The third-order valence-electron chi connectivity index (χ3n) is 1.45. The summed E-state index contributed by atoms with van der Waals surface area (Å²) in [5, 5.41) is 0. The van der Waals surface area contributed by atoms with Gasteiger partial charge in [-0.15, -0.1) is 0 Å². The lowest BCUT2D eigenvalue weighted by Gasteiger charge is -1.91. The first kappa shape index (κ1) is 6.34. The minimum absolute atomic E-state index is 0.565. The summed E-state index contributed by atoms with van der Waals surface area (Å²) in [6, 6.07) is 0. The van der Waals surface area contributed by atoms with E-state index in [1.807, 2.05) is 0 Å². The van der Waals surface area contributed by atoms with Crippen LogP contribution in [0.25, 0.3) is 0 Å². The summed E-state index contributed by atoms with van der Waals surface area (Å²) >= 11 is 0. The van der Waals surface area contributed by atoms with E-state index in [2.05, 4.69) is 44.2 Å². The summed E-state index contributed by atoms with van der Waals surface area (Å²) in [6.07, 6.45) is 10.9. The third kappa shape index (κ3) is 1.56. The molecule has 1 aliphatic rings. The standard InChI is InChI=1S/C9H12/c1-3-4-9-6-5-8(2)7-9/h3-7,9H,1-2H3/b4-3+. The van der Waals surface area contributed by atoms with Crippen LogP contribution < -0.4 is 0 Å². The normalized spacial score (nSPS) is 25.6. The van der Waals surface area contributed by atoms with Gasteiger partial charge in [0, 0.05) is 5.92 Å². The second kappa shape index (κ2) is 2.67. The fourth-order valence-corrected chi connectivity index (χ4v) is 1.02. The van der Waals surface area contributed by atoms with E-state index in [-0.39, 0.29) is 0 Å². The van der Waals surface area contributed by atoms with Crippen LogP contribution in [0.1, 0.15) is 13.8 Å². The van der Waals surface area contributed by atoms with Crippen LogP contribution >= 0.6 is 0 Å². The van der Waals surface area contributed by atoms with Crippen molar-refractivity contribution in [2.24, 2.45) is 5.92 Å². The van der Waals surface area contributed by atoms with Gasteiger partial charge >= 0.3 is 0 Å². The molecule has 0 nitrogen and oxygen atoms in total. The van der Waals surface area contributed by atoms with Gasteiger partial charge in [-0.1, -0.05) is 36.0 Å². The zero-order valence-electron chi connectivity index (χ0n) is 5.96. The van der Waals surface area contributed by atoms with E-state index in [4.69, 9.17) is 0 Å². The smallest absolute Gasteiger partial charge is 0.0136 e. The van der Waals surface area contributed by atoms with Crippen LogP contribution in [-0.2, 0) is 0 Å². The Balaban J connectivity index is 2.59. The van der Waals surface area contributed by atoms with E-state index in [9.17, 15) is 0 Å².